The Labute approximate surface area is 87.3 Å². The van der Waals surface area contributed by atoms with Gasteiger partial charge in [0.15, 0.2) is 11.6 Å². The standard InChI is InChI=1S/C9H4F2N2O3/c10-5-2-1-4(3-6(5)11)7-12-13-8(16-7)9(14)15/h1-3H,(H,14,15). The molecule has 1 aromatic carbocycles. The first-order chi connectivity index (χ1) is 7.58. The first kappa shape index (κ1) is 10.2. The molecule has 0 radical (unpaired) electrons. The Balaban J connectivity index is 2.42. The Morgan fingerprint density at radius 1 is 1.25 bits per heavy atom. The molecule has 0 atom stereocenters. The Kier molecular flexibility index (Phi) is 2.35. The summed E-state index contributed by atoms with van der Waals surface area (Å²) in [6, 6.07) is 2.93. The Hall–Kier alpha value is -2.31. The van der Waals surface area contributed by atoms with Gasteiger partial charge in [0.05, 0.1) is 0 Å². The fourth-order valence-corrected chi connectivity index (χ4v) is 1.06. The van der Waals surface area contributed by atoms with Gasteiger partial charge in [-0.3, -0.25) is 0 Å². The normalized spacial score (nSPS) is 10.4. The van der Waals surface area contributed by atoms with Crippen LogP contribution in [0.2, 0.25) is 0 Å². The highest BCUT2D eigenvalue weighted by atomic mass is 19.2. The molecule has 5 nitrogen and oxygen atoms in total. The van der Waals surface area contributed by atoms with Gasteiger partial charge < -0.3 is 9.52 Å². The van der Waals surface area contributed by atoms with Crippen molar-refractivity contribution in [2.24, 2.45) is 0 Å². The van der Waals surface area contributed by atoms with Gasteiger partial charge in [-0.05, 0) is 18.2 Å². The van der Waals surface area contributed by atoms with E-state index in [-0.39, 0.29) is 11.5 Å². The molecule has 1 aromatic heterocycles. The number of aromatic carboxylic acids is 1. The summed E-state index contributed by atoms with van der Waals surface area (Å²) < 4.78 is 30.2. The third-order valence-corrected chi connectivity index (χ3v) is 1.77. The van der Waals surface area contributed by atoms with Gasteiger partial charge in [-0.2, -0.15) is 0 Å². The Bertz CT molecular complexity index is 553. The van der Waals surface area contributed by atoms with E-state index in [1.807, 2.05) is 0 Å². The summed E-state index contributed by atoms with van der Waals surface area (Å²) in [5.74, 6) is -4.27. The number of carboxylic acids is 1. The van der Waals surface area contributed by atoms with E-state index in [0.717, 1.165) is 12.1 Å². The van der Waals surface area contributed by atoms with Crippen LogP contribution in [0.4, 0.5) is 8.78 Å². The minimum Gasteiger partial charge on any atom is -0.474 e. The molecule has 0 saturated carbocycles. The lowest BCUT2D eigenvalue weighted by molar-refractivity contribution is 0.0654. The van der Waals surface area contributed by atoms with Crippen molar-refractivity contribution in [1.29, 1.82) is 0 Å². The van der Waals surface area contributed by atoms with Crippen LogP contribution < -0.4 is 0 Å². The predicted octanol–water partition coefficient (Wildman–Crippen LogP) is 1.71. The highest BCUT2D eigenvalue weighted by Crippen LogP contribution is 2.20. The summed E-state index contributed by atoms with van der Waals surface area (Å²) in [5, 5.41) is 15.1. The molecule has 0 spiro atoms. The second-order valence-corrected chi connectivity index (χ2v) is 2.85. The average molecular weight is 226 g/mol. The lowest BCUT2D eigenvalue weighted by atomic mass is 10.2. The van der Waals surface area contributed by atoms with Crippen molar-refractivity contribution in [3.8, 4) is 11.5 Å². The number of hydrogen-bond acceptors (Lipinski definition) is 4. The molecule has 1 N–H and O–H groups in total. The molecule has 2 aromatic rings. The van der Waals surface area contributed by atoms with Crippen LogP contribution in [0.15, 0.2) is 22.6 Å². The van der Waals surface area contributed by atoms with Gasteiger partial charge >= 0.3 is 11.9 Å². The molecule has 0 fully saturated rings. The number of hydrogen-bond donors (Lipinski definition) is 1. The third kappa shape index (κ3) is 1.74. The molecule has 7 heteroatoms. The van der Waals surface area contributed by atoms with Gasteiger partial charge in [0.2, 0.25) is 5.89 Å². The average Bonchev–Trinajstić information content (AvgIpc) is 2.71. The lowest BCUT2D eigenvalue weighted by Crippen LogP contribution is -1.95. The molecule has 2 rings (SSSR count). The molecular formula is C9H4F2N2O3. The summed E-state index contributed by atoms with van der Waals surface area (Å²) in [4.78, 5) is 10.4. The SMILES string of the molecule is O=C(O)c1nnc(-c2ccc(F)c(F)c2)o1. The van der Waals surface area contributed by atoms with E-state index in [4.69, 9.17) is 9.52 Å². The second kappa shape index (κ2) is 3.69. The van der Waals surface area contributed by atoms with Crippen molar-refractivity contribution in [1.82, 2.24) is 10.2 Å². The molecule has 0 unspecified atom stereocenters. The van der Waals surface area contributed by atoms with Crippen molar-refractivity contribution in [2.75, 3.05) is 0 Å². The van der Waals surface area contributed by atoms with Gasteiger partial charge in [0.25, 0.3) is 0 Å². The number of rotatable bonds is 2. The molecule has 0 aliphatic carbocycles. The fraction of sp³-hybridized carbons (Fsp3) is 0. The van der Waals surface area contributed by atoms with E-state index in [1.54, 1.807) is 0 Å². The largest absolute Gasteiger partial charge is 0.474 e. The number of aromatic nitrogens is 2. The van der Waals surface area contributed by atoms with Crippen LogP contribution in [0.25, 0.3) is 11.5 Å². The minimum absolute atomic E-state index is 0.110. The quantitative estimate of drug-likeness (QED) is 0.843. The van der Waals surface area contributed by atoms with Gasteiger partial charge in [-0.15, -0.1) is 10.2 Å². The van der Waals surface area contributed by atoms with Crippen LogP contribution in [0, 0.1) is 11.6 Å². The molecule has 0 bridgehead atoms. The van der Waals surface area contributed by atoms with Crippen LogP contribution >= 0.6 is 0 Å². The van der Waals surface area contributed by atoms with E-state index in [0.29, 0.717) is 0 Å². The first-order valence-electron chi connectivity index (χ1n) is 4.10. The second-order valence-electron chi connectivity index (χ2n) is 2.85. The molecular weight excluding hydrogens is 222 g/mol. The number of carbonyl (C=O) groups is 1. The highest BCUT2D eigenvalue weighted by Gasteiger charge is 2.15. The zero-order chi connectivity index (χ0) is 11.7. The maximum atomic E-state index is 12.8. The first-order valence-corrected chi connectivity index (χ1v) is 4.10. The van der Waals surface area contributed by atoms with Crippen LogP contribution in [0.1, 0.15) is 10.7 Å². The van der Waals surface area contributed by atoms with E-state index in [1.165, 1.54) is 6.07 Å². The van der Waals surface area contributed by atoms with Crippen LogP contribution in [0.3, 0.4) is 0 Å². The third-order valence-electron chi connectivity index (χ3n) is 1.77. The molecule has 0 aliphatic rings. The summed E-state index contributed by atoms with van der Waals surface area (Å²) >= 11 is 0. The Morgan fingerprint density at radius 2 is 2.00 bits per heavy atom. The smallest absolute Gasteiger partial charge is 0.393 e. The highest BCUT2D eigenvalue weighted by molar-refractivity contribution is 5.82. The van der Waals surface area contributed by atoms with Crippen molar-refractivity contribution >= 4 is 5.97 Å². The van der Waals surface area contributed by atoms with Crippen molar-refractivity contribution in [2.45, 2.75) is 0 Å². The number of halogens is 2. The number of carboxylic acid groups (broad SMARTS) is 1. The van der Waals surface area contributed by atoms with E-state index >= 15 is 0 Å². The molecule has 0 amide bonds. The fourth-order valence-electron chi connectivity index (χ4n) is 1.06. The van der Waals surface area contributed by atoms with E-state index in [2.05, 4.69) is 10.2 Å². The Morgan fingerprint density at radius 3 is 2.56 bits per heavy atom. The van der Waals surface area contributed by atoms with Crippen molar-refractivity contribution in [3.63, 3.8) is 0 Å². The van der Waals surface area contributed by atoms with Crippen molar-refractivity contribution in [3.05, 3.63) is 35.7 Å². The summed E-state index contributed by atoms with van der Waals surface area (Å²) in [7, 11) is 0. The minimum atomic E-state index is -1.39. The van der Waals surface area contributed by atoms with Crippen LogP contribution in [-0.2, 0) is 0 Å². The maximum Gasteiger partial charge on any atom is 0.393 e. The predicted molar refractivity (Wildman–Crippen MR) is 46.6 cm³/mol. The van der Waals surface area contributed by atoms with Gasteiger partial charge in [0, 0.05) is 5.56 Å². The van der Waals surface area contributed by atoms with E-state index in [9.17, 15) is 13.6 Å². The van der Waals surface area contributed by atoms with Crippen molar-refractivity contribution < 1.29 is 23.1 Å². The summed E-state index contributed by atoms with van der Waals surface area (Å²) in [6.07, 6.45) is 0. The molecule has 82 valence electrons. The topological polar surface area (TPSA) is 76.2 Å². The zero-order valence-corrected chi connectivity index (χ0v) is 7.65. The van der Waals surface area contributed by atoms with E-state index < -0.39 is 23.5 Å². The summed E-state index contributed by atoms with van der Waals surface area (Å²) in [6.45, 7) is 0. The van der Waals surface area contributed by atoms with Gasteiger partial charge in [0.1, 0.15) is 0 Å². The lowest BCUT2D eigenvalue weighted by Gasteiger charge is -1.95. The molecule has 1 heterocycles. The van der Waals surface area contributed by atoms with Crippen LogP contribution in [0.5, 0.6) is 0 Å². The maximum absolute atomic E-state index is 12.8. The van der Waals surface area contributed by atoms with Gasteiger partial charge in [-0.1, -0.05) is 0 Å². The zero-order valence-electron chi connectivity index (χ0n) is 7.65. The number of benzene rings is 1. The van der Waals surface area contributed by atoms with Gasteiger partial charge in [-0.25, -0.2) is 13.6 Å². The molecule has 0 saturated heterocycles. The molecule has 16 heavy (non-hydrogen) atoms. The van der Waals surface area contributed by atoms with Crippen LogP contribution in [-0.4, -0.2) is 21.3 Å². The monoisotopic (exact) mass is 226 g/mol. The number of nitrogens with zero attached hydrogens (tertiary/aromatic N) is 2. The molecule has 0 aliphatic heterocycles. The summed E-state index contributed by atoms with van der Waals surface area (Å²) in [5.41, 5.74) is 0.110.